The van der Waals surface area contributed by atoms with Crippen molar-refractivity contribution in [3.05, 3.63) is 0 Å². The van der Waals surface area contributed by atoms with Crippen LogP contribution in [0, 0.1) is 28.1 Å². The molecule has 170 valence electrons. The number of carbonyl (C=O) groups is 3. The van der Waals surface area contributed by atoms with Gasteiger partial charge in [0.05, 0.1) is 16.7 Å². The molecule has 2 aliphatic carbocycles. The Balaban J connectivity index is 1.72. The fourth-order valence-electron chi connectivity index (χ4n) is 8.38. The van der Waals surface area contributed by atoms with Crippen molar-refractivity contribution < 1.29 is 48.3 Å². The molecule has 3 unspecified atom stereocenters. The summed E-state index contributed by atoms with van der Waals surface area (Å²) >= 11 is 0. The molecule has 10 heteroatoms. The first-order chi connectivity index (χ1) is 14.4. The lowest BCUT2D eigenvalue weighted by molar-refractivity contribution is -0.239. The van der Waals surface area contributed by atoms with Crippen molar-refractivity contribution in [1.29, 1.82) is 0 Å². The first-order valence-corrected chi connectivity index (χ1v) is 10.6. The van der Waals surface area contributed by atoms with Crippen LogP contribution in [0.5, 0.6) is 0 Å². The lowest BCUT2D eigenvalue weighted by Gasteiger charge is -2.48. The van der Waals surface area contributed by atoms with Crippen molar-refractivity contribution in [2.75, 3.05) is 7.11 Å². The highest BCUT2D eigenvalue weighted by Crippen LogP contribution is 2.84. The molecule has 2 N–H and O–H groups in total. The number of esters is 3. The molecule has 0 aromatic rings. The Kier molecular flexibility index (Phi) is 3.26. The van der Waals surface area contributed by atoms with E-state index >= 15 is 0 Å². The fraction of sp³-hybridized carbons (Fsp3) is 0.857. The van der Waals surface area contributed by atoms with Gasteiger partial charge in [-0.25, -0.2) is 9.59 Å². The molecular formula is C21H26O10. The average molecular weight is 438 g/mol. The summed E-state index contributed by atoms with van der Waals surface area (Å²) in [7, 11) is 1.36. The molecule has 31 heavy (non-hydrogen) atoms. The molecule has 2 saturated carbocycles. The lowest BCUT2D eigenvalue weighted by atomic mass is 9.51. The van der Waals surface area contributed by atoms with Gasteiger partial charge < -0.3 is 33.9 Å². The van der Waals surface area contributed by atoms with Crippen LogP contribution in [0.4, 0.5) is 0 Å². The summed E-state index contributed by atoms with van der Waals surface area (Å²) in [6, 6.07) is 0. The minimum Gasteiger partial charge on any atom is -0.459 e. The van der Waals surface area contributed by atoms with Crippen molar-refractivity contribution in [2.45, 2.75) is 76.0 Å². The highest BCUT2D eigenvalue weighted by molar-refractivity contribution is 5.94. The van der Waals surface area contributed by atoms with E-state index in [0.717, 1.165) is 0 Å². The van der Waals surface area contributed by atoms with Gasteiger partial charge in [-0.05, 0) is 24.7 Å². The van der Waals surface area contributed by atoms with Gasteiger partial charge in [-0.2, -0.15) is 0 Å². The standard InChI is InChI=1S/C21H26O10/c1-7-13(23)29-11-10(22)19-9-6-8(17(2,3)4)18(19)12(27-5)14(24)30-16(18)31-21(19,15(25)28-9)20(7,11)26/h7-12,16,22,26H,6H2,1-5H3/t7-,8+,9-,10-,11?,12+,16?,18+,19-,20-,21?/m1/s1. The number of hydrogen-bond acceptors (Lipinski definition) is 10. The van der Waals surface area contributed by atoms with E-state index in [0.29, 0.717) is 6.42 Å². The highest BCUT2D eigenvalue weighted by atomic mass is 16.8. The average Bonchev–Trinajstić information content (AvgIpc) is 3.38. The van der Waals surface area contributed by atoms with Crippen molar-refractivity contribution in [1.82, 2.24) is 0 Å². The SMILES string of the molecule is CO[C@H]1C(=O)OC2OC34C(=O)O[C@@H]5C[C@@H](C(C)(C)C)[C@@]21[C@]53[C@H](O)C1OC(=O)[C@@H](C)[C@@]14O. The Morgan fingerprint density at radius 3 is 2.39 bits per heavy atom. The van der Waals surface area contributed by atoms with Crippen LogP contribution < -0.4 is 0 Å². The third-order valence-corrected chi connectivity index (χ3v) is 9.20. The van der Waals surface area contributed by atoms with Gasteiger partial charge in [0, 0.05) is 7.11 Å². The van der Waals surface area contributed by atoms with E-state index in [-0.39, 0.29) is 5.92 Å². The largest absolute Gasteiger partial charge is 0.459 e. The molecule has 6 aliphatic rings. The molecule has 0 bridgehead atoms. The van der Waals surface area contributed by atoms with Gasteiger partial charge in [-0.3, -0.25) is 4.79 Å². The van der Waals surface area contributed by atoms with E-state index in [1.807, 2.05) is 20.8 Å². The number of aliphatic hydroxyl groups is 2. The summed E-state index contributed by atoms with van der Waals surface area (Å²) < 4.78 is 28.7. The van der Waals surface area contributed by atoms with Crippen molar-refractivity contribution in [2.24, 2.45) is 28.1 Å². The molecule has 2 spiro atoms. The summed E-state index contributed by atoms with van der Waals surface area (Å²) in [4.78, 5) is 38.8. The summed E-state index contributed by atoms with van der Waals surface area (Å²) in [6.07, 6.45) is -5.92. The zero-order valence-corrected chi connectivity index (χ0v) is 17.9. The molecule has 10 nitrogen and oxygen atoms in total. The fourth-order valence-corrected chi connectivity index (χ4v) is 8.38. The Labute approximate surface area is 178 Å². The Morgan fingerprint density at radius 1 is 1.10 bits per heavy atom. The molecule has 0 aromatic carbocycles. The molecule has 0 aromatic heterocycles. The van der Waals surface area contributed by atoms with E-state index in [1.165, 1.54) is 14.0 Å². The van der Waals surface area contributed by atoms with Crippen LogP contribution in [0.2, 0.25) is 0 Å². The maximum absolute atomic E-state index is 13.5. The van der Waals surface area contributed by atoms with E-state index < -0.39 is 82.0 Å². The summed E-state index contributed by atoms with van der Waals surface area (Å²) in [5, 5.41) is 23.7. The van der Waals surface area contributed by atoms with E-state index in [2.05, 4.69) is 0 Å². The van der Waals surface area contributed by atoms with Crippen molar-refractivity contribution in [3.63, 3.8) is 0 Å². The van der Waals surface area contributed by atoms with Gasteiger partial charge in [0.15, 0.2) is 17.8 Å². The summed E-state index contributed by atoms with van der Waals surface area (Å²) in [6.45, 7) is 7.39. The molecule has 4 heterocycles. The van der Waals surface area contributed by atoms with Crippen LogP contribution in [0.3, 0.4) is 0 Å². The van der Waals surface area contributed by atoms with Crippen molar-refractivity contribution >= 4 is 17.9 Å². The first-order valence-electron chi connectivity index (χ1n) is 10.6. The topological polar surface area (TPSA) is 138 Å². The smallest absolute Gasteiger partial charge is 0.343 e. The molecule has 0 amide bonds. The zero-order valence-electron chi connectivity index (χ0n) is 17.9. The quantitative estimate of drug-likeness (QED) is 0.399. The predicted octanol–water partition coefficient (Wildman–Crippen LogP) is -0.715. The number of methoxy groups -OCH3 is 1. The molecule has 11 atom stereocenters. The van der Waals surface area contributed by atoms with Gasteiger partial charge in [-0.1, -0.05) is 20.8 Å². The van der Waals surface area contributed by atoms with Crippen LogP contribution >= 0.6 is 0 Å². The van der Waals surface area contributed by atoms with Gasteiger partial charge in [0.25, 0.3) is 0 Å². The monoisotopic (exact) mass is 438 g/mol. The minimum absolute atomic E-state index is 0.315. The van der Waals surface area contributed by atoms with E-state index in [9.17, 15) is 24.6 Å². The van der Waals surface area contributed by atoms with E-state index in [1.54, 1.807) is 0 Å². The Bertz CT molecular complexity index is 941. The van der Waals surface area contributed by atoms with Crippen molar-refractivity contribution in [3.8, 4) is 0 Å². The lowest BCUT2D eigenvalue weighted by Crippen LogP contribution is -2.67. The van der Waals surface area contributed by atoms with Gasteiger partial charge in [0.1, 0.15) is 12.2 Å². The Hall–Kier alpha value is -1.75. The molecule has 4 aliphatic heterocycles. The minimum atomic E-state index is -2.19. The van der Waals surface area contributed by atoms with E-state index in [4.69, 9.17) is 23.7 Å². The summed E-state index contributed by atoms with van der Waals surface area (Å²) in [5.41, 5.74) is -7.69. The van der Waals surface area contributed by atoms with Crippen LogP contribution in [0.25, 0.3) is 0 Å². The number of rotatable bonds is 1. The van der Waals surface area contributed by atoms with Crippen LogP contribution in [0.1, 0.15) is 34.1 Å². The highest BCUT2D eigenvalue weighted by Gasteiger charge is 3.04. The second-order valence-electron chi connectivity index (χ2n) is 10.9. The van der Waals surface area contributed by atoms with Gasteiger partial charge in [-0.15, -0.1) is 0 Å². The molecule has 4 saturated heterocycles. The maximum atomic E-state index is 13.5. The second kappa shape index (κ2) is 5.08. The number of carbonyl (C=O) groups excluding carboxylic acids is 3. The third kappa shape index (κ3) is 1.49. The molecule has 6 fully saturated rings. The normalized spacial score (nSPS) is 58.5. The van der Waals surface area contributed by atoms with Gasteiger partial charge in [0.2, 0.25) is 11.9 Å². The number of fused-ring (bicyclic) bond motifs is 1. The third-order valence-electron chi connectivity index (χ3n) is 9.20. The zero-order chi connectivity index (χ0) is 22.5. The summed E-state index contributed by atoms with van der Waals surface area (Å²) in [5.74, 6) is -3.79. The Morgan fingerprint density at radius 2 is 1.77 bits per heavy atom. The maximum Gasteiger partial charge on any atom is 0.343 e. The molecule has 0 radical (unpaired) electrons. The predicted molar refractivity (Wildman–Crippen MR) is 96.8 cm³/mol. The van der Waals surface area contributed by atoms with Crippen LogP contribution in [0.15, 0.2) is 0 Å². The number of hydrogen-bond donors (Lipinski definition) is 2. The molecular weight excluding hydrogens is 412 g/mol. The first kappa shape index (κ1) is 19.9. The second-order valence-corrected chi connectivity index (χ2v) is 10.9. The van der Waals surface area contributed by atoms with Crippen LogP contribution in [-0.2, 0) is 38.1 Å². The molecule has 6 rings (SSSR count). The number of aliphatic hydroxyl groups excluding tert-OH is 1. The number of ether oxygens (including phenoxy) is 5. The van der Waals surface area contributed by atoms with Crippen LogP contribution in [-0.4, -0.2) is 77.1 Å². The van der Waals surface area contributed by atoms with Gasteiger partial charge >= 0.3 is 17.9 Å².